The lowest BCUT2D eigenvalue weighted by atomic mass is 9.77. The van der Waals surface area contributed by atoms with E-state index in [-0.39, 0.29) is 0 Å². The monoisotopic (exact) mass is 306 g/mol. The van der Waals surface area contributed by atoms with Gasteiger partial charge in [-0.3, -0.25) is 0 Å². The molecule has 0 aromatic heterocycles. The Hall–Kier alpha value is -1.02. The Morgan fingerprint density at radius 3 is 2.40 bits per heavy atom. The van der Waals surface area contributed by atoms with E-state index in [9.17, 15) is 0 Å². The van der Waals surface area contributed by atoms with Gasteiger partial charge in [-0.05, 0) is 29.7 Å². The maximum atomic E-state index is 6.18. The Balaban J connectivity index is 2.05. The molecule has 0 spiro atoms. The predicted molar refractivity (Wildman–Crippen MR) is 84.6 cm³/mol. The second-order valence-corrected chi connectivity index (χ2v) is 6.19. The molecule has 0 amide bonds. The lowest BCUT2D eigenvalue weighted by Gasteiger charge is -2.30. The molecule has 0 unspecified atom stereocenters. The molecule has 0 saturated heterocycles. The van der Waals surface area contributed by atoms with Gasteiger partial charge in [0.25, 0.3) is 0 Å². The van der Waals surface area contributed by atoms with Crippen LogP contribution in [0, 0.1) is 0 Å². The summed E-state index contributed by atoms with van der Waals surface area (Å²) in [5.74, 6) is 0.428. The molecule has 0 bridgehead atoms. The van der Waals surface area contributed by atoms with Crippen molar-refractivity contribution in [2.75, 3.05) is 7.05 Å². The molecule has 3 rings (SSSR count). The molecule has 1 aliphatic carbocycles. The van der Waals surface area contributed by atoms with Crippen LogP contribution in [0.4, 0.5) is 0 Å². The minimum atomic E-state index is 0.428. The molecule has 0 heterocycles. The molecule has 2 atom stereocenters. The van der Waals surface area contributed by atoms with Gasteiger partial charge in [0.15, 0.2) is 0 Å². The van der Waals surface area contributed by atoms with Gasteiger partial charge >= 0.3 is 0 Å². The summed E-state index contributed by atoms with van der Waals surface area (Å²) in [5, 5.41) is 3.58. The van der Waals surface area contributed by atoms with E-state index >= 15 is 0 Å². The third-order valence-corrected chi connectivity index (χ3v) is 5.02. The van der Waals surface area contributed by atoms with Crippen molar-refractivity contribution >= 4 is 23.2 Å². The molecule has 1 nitrogen and oxygen atoms in total. The van der Waals surface area contributed by atoms with Crippen LogP contribution in [0.1, 0.15) is 41.5 Å². The largest absolute Gasteiger partial charge is 0.342 e. The topological polar surface area (TPSA) is 16.6 Å². The number of hydrogen-bond donors (Lipinski definition) is 1. The second-order valence-electron chi connectivity index (χ2n) is 5.37. The molecular weight excluding hydrogens is 289 g/mol. The second kappa shape index (κ2) is 5.77. The highest BCUT2D eigenvalue weighted by molar-refractivity contribution is 6.42. The zero-order valence-corrected chi connectivity index (χ0v) is 13.0. The van der Waals surface area contributed by atoms with Crippen molar-refractivity contribution in [3.05, 3.63) is 69.2 Å². The number of rotatable bonds is 2. The van der Waals surface area contributed by atoms with Crippen LogP contribution in [0.5, 0.6) is 0 Å². The third-order valence-electron chi connectivity index (χ3n) is 4.29. The van der Waals surface area contributed by atoms with E-state index in [1.54, 1.807) is 0 Å². The number of fused-ring (bicyclic) bond motifs is 1. The Morgan fingerprint density at radius 1 is 0.950 bits per heavy atom. The van der Waals surface area contributed by atoms with E-state index in [1.165, 1.54) is 23.1 Å². The summed E-state index contributed by atoms with van der Waals surface area (Å²) in [7, 11) is 2.15. The number of nitrogens with two attached hydrogens (primary N) is 1. The average Bonchev–Trinajstić information content (AvgIpc) is 2.49. The molecule has 0 radical (unpaired) electrons. The molecule has 2 aromatic carbocycles. The van der Waals surface area contributed by atoms with Gasteiger partial charge in [-0.15, -0.1) is 0 Å². The van der Waals surface area contributed by atoms with Crippen LogP contribution in [0.25, 0.3) is 0 Å². The van der Waals surface area contributed by atoms with Gasteiger partial charge < -0.3 is 5.32 Å². The van der Waals surface area contributed by atoms with Crippen LogP contribution in [0.3, 0.4) is 0 Å². The molecule has 20 heavy (non-hydrogen) atoms. The first-order valence-corrected chi connectivity index (χ1v) is 7.79. The van der Waals surface area contributed by atoms with Crippen molar-refractivity contribution in [2.45, 2.75) is 24.8 Å². The van der Waals surface area contributed by atoms with Crippen LogP contribution in [-0.2, 0) is 0 Å². The highest BCUT2D eigenvalue weighted by Gasteiger charge is 2.29. The summed E-state index contributed by atoms with van der Waals surface area (Å²) in [6.45, 7) is 0. The minimum absolute atomic E-state index is 0.428. The zero-order chi connectivity index (χ0) is 14.1. The summed E-state index contributed by atoms with van der Waals surface area (Å²) in [5.41, 5.74) is 4.15. The quantitative estimate of drug-likeness (QED) is 0.858. The molecule has 0 fully saturated rings. The minimum Gasteiger partial charge on any atom is -0.342 e. The fraction of sp³-hybridized carbons (Fsp3) is 0.294. The maximum absolute atomic E-state index is 6.18. The van der Waals surface area contributed by atoms with Gasteiger partial charge in [0, 0.05) is 17.9 Å². The van der Waals surface area contributed by atoms with E-state index in [1.807, 2.05) is 12.1 Å². The van der Waals surface area contributed by atoms with Gasteiger partial charge in [-0.25, -0.2) is 0 Å². The van der Waals surface area contributed by atoms with Gasteiger partial charge in [0.05, 0.1) is 17.1 Å². The normalized spacial score (nSPS) is 21.6. The van der Waals surface area contributed by atoms with Crippen molar-refractivity contribution in [1.82, 2.24) is 0 Å². The lowest BCUT2D eigenvalue weighted by Crippen LogP contribution is -2.81. The molecule has 104 valence electrons. The first kappa shape index (κ1) is 13.9. The average molecular weight is 307 g/mol. The molecule has 3 heteroatoms. The number of hydrogen-bond acceptors (Lipinski definition) is 0. The summed E-state index contributed by atoms with van der Waals surface area (Å²) >= 11 is 12.2. The summed E-state index contributed by atoms with van der Waals surface area (Å²) in [6, 6.07) is 15.4. The standard InChI is InChI=1S/C17H17Cl2N/c1-20-17-9-7-12(13-4-2-3-5-14(13)17)11-6-8-15(18)16(19)10-11/h2-6,8,10,12,17,20H,7,9H2,1H3/p+1/t12-,17-/m0/s1. The van der Waals surface area contributed by atoms with E-state index < -0.39 is 0 Å². The summed E-state index contributed by atoms with van der Waals surface area (Å²) < 4.78 is 0. The van der Waals surface area contributed by atoms with Gasteiger partial charge in [-0.2, -0.15) is 0 Å². The highest BCUT2D eigenvalue weighted by atomic mass is 35.5. The number of quaternary nitrogens is 1. The van der Waals surface area contributed by atoms with Crippen molar-refractivity contribution < 1.29 is 5.32 Å². The van der Waals surface area contributed by atoms with Crippen LogP contribution < -0.4 is 5.32 Å². The summed E-state index contributed by atoms with van der Waals surface area (Å²) in [6.07, 6.45) is 2.35. The summed E-state index contributed by atoms with van der Waals surface area (Å²) in [4.78, 5) is 0. The molecular formula is C17H18Cl2N+. The van der Waals surface area contributed by atoms with Crippen LogP contribution in [0.15, 0.2) is 42.5 Å². The SMILES string of the molecule is C[NH2+][C@H]1CC[C@@H](c2ccc(Cl)c(Cl)c2)c2ccccc21. The highest BCUT2D eigenvalue weighted by Crippen LogP contribution is 2.40. The van der Waals surface area contributed by atoms with E-state index in [0.29, 0.717) is 22.0 Å². The van der Waals surface area contributed by atoms with E-state index in [0.717, 1.165) is 6.42 Å². The third kappa shape index (κ3) is 2.46. The molecule has 0 aliphatic heterocycles. The maximum Gasteiger partial charge on any atom is 0.112 e. The fourth-order valence-electron chi connectivity index (χ4n) is 3.24. The Morgan fingerprint density at radius 2 is 1.70 bits per heavy atom. The molecule has 1 aliphatic rings. The van der Waals surface area contributed by atoms with Crippen molar-refractivity contribution in [3.63, 3.8) is 0 Å². The van der Waals surface area contributed by atoms with Crippen molar-refractivity contribution in [2.24, 2.45) is 0 Å². The first-order chi connectivity index (χ1) is 9.70. The van der Waals surface area contributed by atoms with E-state index in [4.69, 9.17) is 23.2 Å². The van der Waals surface area contributed by atoms with Gasteiger partial charge in [0.1, 0.15) is 6.04 Å². The molecule has 2 aromatic rings. The van der Waals surface area contributed by atoms with Crippen molar-refractivity contribution in [3.8, 4) is 0 Å². The van der Waals surface area contributed by atoms with Crippen molar-refractivity contribution in [1.29, 1.82) is 0 Å². The Kier molecular flexibility index (Phi) is 4.02. The first-order valence-electron chi connectivity index (χ1n) is 7.04. The smallest absolute Gasteiger partial charge is 0.112 e. The Labute approximate surface area is 129 Å². The van der Waals surface area contributed by atoms with Crippen LogP contribution in [0.2, 0.25) is 10.0 Å². The number of halogens is 2. The predicted octanol–water partition coefficient (Wildman–Crippen LogP) is 4.15. The zero-order valence-electron chi connectivity index (χ0n) is 11.4. The van der Waals surface area contributed by atoms with Gasteiger partial charge in [-0.1, -0.05) is 53.5 Å². The molecule has 2 N–H and O–H groups in total. The van der Waals surface area contributed by atoms with Crippen LogP contribution in [-0.4, -0.2) is 7.05 Å². The number of benzene rings is 2. The Bertz CT molecular complexity index is 624. The fourth-order valence-corrected chi connectivity index (χ4v) is 3.55. The molecule has 0 saturated carbocycles. The van der Waals surface area contributed by atoms with E-state index in [2.05, 4.69) is 42.7 Å². The van der Waals surface area contributed by atoms with Crippen LogP contribution >= 0.6 is 23.2 Å². The lowest BCUT2D eigenvalue weighted by molar-refractivity contribution is -0.671. The van der Waals surface area contributed by atoms with Gasteiger partial charge in [0.2, 0.25) is 0 Å².